The molecule has 0 bridgehead atoms. The fourth-order valence-electron chi connectivity index (χ4n) is 2.50. The van der Waals surface area contributed by atoms with Gasteiger partial charge in [0.15, 0.2) is 0 Å². The number of piperidine rings is 1. The van der Waals surface area contributed by atoms with Crippen molar-refractivity contribution >= 4 is 10.0 Å². The van der Waals surface area contributed by atoms with E-state index in [1.807, 2.05) is 6.20 Å². The minimum absolute atomic E-state index is 0.0678. The number of primary sulfonamides is 1. The third kappa shape index (κ3) is 4.08. The lowest BCUT2D eigenvalue weighted by molar-refractivity contribution is 0.164. The summed E-state index contributed by atoms with van der Waals surface area (Å²) in [5.41, 5.74) is 1.15. The van der Waals surface area contributed by atoms with Crippen molar-refractivity contribution in [3.63, 3.8) is 0 Å². The van der Waals surface area contributed by atoms with Crippen LogP contribution in [0.2, 0.25) is 0 Å². The number of hydrogen-bond acceptors (Lipinski definition) is 4. The Labute approximate surface area is 108 Å². The van der Waals surface area contributed by atoms with E-state index in [0.29, 0.717) is 0 Å². The van der Waals surface area contributed by atoms with E-state index in [-0.39, 0.29) is 11.8 Å². The molecule has 18 heavy (non-hydrogen) atoms. The Bertz CT molecular complexity index is 457. The average Bonchev–Trinajstić information content (AvgIpc) is 2.79. The van der Waals surface area contributed by atoms with Crippen LogP contribution >= 0.6 is 0 Å². The Kier molecular flexibility index (Phi) is 4.36. The molecule has 1 aromatic rings. The summed E-state index contributed by atoms with van der Waals surface area (Å²) in [6.45, 7) is 1.82. The normalized spacial score (nSPS) is 22.2. The van der Waals surface area contributed by atoms with Crippen LogP contribution in [0.4, 0.5) is 0 Å². The second kappa shape index (κ2) is 5.81. The van der Waals surface area contributed by atoms with Crippen LogP contribution in [0.15, 0.2) is 12.4 Å². The summed E-state index contributed by atoms with van der Waals surface area (Å²) >= 11 is 0. The smallest absolute Gasteiger partial charge is 0.210 e. The van der Waals surface area contributed by atoms with Gasteiger partial charge in [-0.2, -0.15) is 5.10 Å². The molecule has 1 unspecified atom stereocenters. The molecule has 1 saturated heterocycles. The van der Waals surface area contributed by atoms with Gasteiger partial charge in [0.1, 0.15) is 0 Å². The Morgan fingerprint density at radius 2 is 2.33 bits per heavy atom. The molecule has 2 heterocycles. The number of hydrogen-bond donors (Lipinski definition) is 2. The molecule has 2 rings (SSSR count). The van der Waals surface area contributed by atoms with Gasteiger partial charge in [-0.05, 0) is 31.4 Å². The van der Waals surface area contributed by atoms with Crippen molar-refractivity contribution < 1.29 is 8.42 Å². The van der Waals surface area contributed by atoms with E-state index in [9.17, 15) is 8.42 Å². The highest BCUT2D eigenvalue weighted by Crippen LogP contribution is 2.18. The van der Waals surface area contributed by atoms with Crippen molar-refractivity contribution in [3.05, 3.63) is 18.0 Å². The fourth-order valence-corrected chi connectivity index (χ4v) is 3.41. The lowest BCUT2D eigenvalue weighted by Gasteiger charge is -2.35. The predicted molar refractivity (Wildman–Crippen MR) is 69.5 cm³/mol. The van der Waals surface area contributed by atoms with Crippen molar-refractivity contribution in [2.24, 2.45) is 5.14 Å². The summed E-state index contributed by atoms with van der Waals surface area (Å²) in [5, 5.41) is 11.8. The number of H-pyrrole nitrogens is 1. The molecule has 0 saturated carbocycles. The summed E-state index contributed by atoms with van der Waals surface area (Å²) in [5.74, 6) is 0.0678. The van der Waals surface area contributed by atoms with E-state index in [1.54, 1.807) is 6.20 Å². The van der Waals surface area contributed by atoms with Gasteiger partial charge >= 0.3 is 0 Å². The zero-order chi connectivity index (χ0) is 13.0. The summed E-state index contributed by atoms with van der Waals surface area (Å²) in [7, 11) is -3.39. The highest BCUT2D eigenvalue weighted by molar-refractivity contribution is 7.89. The summed E-state index contributed by atoms with van der Waals surface area (Å²) < 4.78 is 22.4. The van der Waals surface area contributed by atoms with E-state index in [2.05, 4.69) is 15.1 Å². The molecule has 0 aromatic carbocycles. The molecule has 1 aliphatic heterocycles. The van der Waals surface area contributed by atoms with Crippen LogP contribution in [0.3, 0.4) is 0 Å². The maximum Gasteiger partial charge on any atom is 0.210 e. The standard InChI is InChI=1S/C11H20N4O2S/c12-18(16,17)9-11-3-1-2-5-15(11)6-4-10-7-13-14-8-10/h7-8,11H,1-6,9H2,(H,13,14)(H2,12,16,17). The molecule has 0 aliphatic carbocycles. The molecular formula is C11H20N4O2S. The molecular weight excluding hydrogens is 252 g/mol. The fraction of sp³-hybridized carbons (Fsp3) is 0.727. The molecule has 1 atom stereocenters. The minimum atomic E-state index is -3.39. The van der Waals surface area contributed by atoms with Gasteiger partial charge < -0.3 is 0 Å². The number of nitrogens with one attached hydrogen (secondary N) is 1. The molecule has 6 nitrogen and oxygen atoms in total. The number of sulfonamides is 1. The van der Waals surface area contributed by atoms with E-state index in [1.165, 1.54) is 0 Å². The van der Waals surface area contributed by atoms with E-state index in [0.717, 1.165) is 44.3 Å². The van der Waals surface area contributed by atoms with Crippen LogP contribution in [0, 0.1) is 0 Å². The van der Waals surface area contributed by atoms with Gasteiger partial charge in [0, 0.05) is 18.8 Å². The quantitative estimate of drug-likeness (QED) is 0.795. The van der Waals surface area contributed by atoms with Crippen molar-refractivity contribution in [1.82, 2.24) is 15.1 Å². The molecule has 3 N–H and O–H groups in total. The highest BCUT2D eigenvalue weighted by atomic mass is 32.2. The Morgan fingerprint density at radius 1 is 1.50 bits per heavy atom. The number of nitrogens with zero attached hydrogens (tertiary/aromatic N) is 2. The van der Waals surface area contributed by atoms with Gasteiger partial charge in [0.05, 0.1) is 11.9 Å². The largest absolute Gasteiger partial charge is 0.299 e. The third-order valence-corrected chi connectivity index (χ3v) is 4.27. The Morgan fingerprint density at radius 3 is 3.00 bits per heavy atom. The first-order valence-corrected chi connectivity index (χ1v) is 7.98. The van der Waals surface area contributed by atoms with Crippen molar-refractivity contribution in [3.8, 4) is 0 Å². The third-order valence-electron chi connectivity index (χ3n) is 3.42. The van der Waals surface area contributed by atoms with Gasteiger partial charge in [0.25, 0.3) is 0 Å². The molecule has 1 aromatic heterocycles. The minimum Gasteiger partial charge on any atom is -0.299 e. The second-order valence-electron chi connectivity index (χ2n) is 4.87. The summed E-state index contributed by atoms with van der Waals surface area (Å²) in [6.07, 6.45) is 7.70. The number of aromatic amines is 1. The van der Waals surface area contributed by atoms with E-state index in [4.69, 9.17) is 5.14 Å². The SMILES string of the molecule is NS(=O)(=O)CC1CCCCN1CCc1cn[nH]c1. The van der Waals surface area contributed by atoms with Gasteiger partial charge in [-0.1, -0.05) is 6.42 Å². The van der Waals surface area contributed by atoms with E-state index < -0.39 is 10.0 Å². The maximum absolute atomic E-state index is 11.2. The first kappa shape index (κ1) is 13.5. The summed E-state index contributed by atoms with van der Waals surface area (Å²) in [6, 6.07) is 0.0700. The van der Waals surface area contributed by atoms with Crippen molar-refractivity contribution in [2.75, 3.05) is 18.8 Å². The van der Waals surface area contributed by atoms with Gasteiger partial charge in [0.2, 0.25) is 10.0 Å². The zero-order valence-corrected chi connectivity index (χ0v) is 11.2. The molecule has 1 aliphatic rings. The Hall–Kier alpha value is -0.920. The van der Waals surface area contributed by atoms with Crippen molar-refractivity contribution in [1.29, 1.82) is 0 Å². The monoisotopic (exact) mass is 272 g/mol. The first-order valence-electron chi connectivity index (χ1n) is 6.27. The molecule has 102 valence electrons. The maximum atomic E-state index is 11.2. The number of aromatic nitrogens is 2. The molecule has 1 fully saturated rings. The molecule has 0 radical (unpaired) electrons. The topological polar surface area (TPSA) is 92.1 Å². The van der Waals surface area contributed by atoms with Gasteiger partial charge in [-0.25, -0.2) is 13.6 Å². The molecule has 0 amide bonds. The van der Waals surface area contributed by atoms with E-state index >= 15 is 0 Å². The molecule has 0 spiro atoms. The zero-order valence-electron chi connectivity index (χ0n) is 10.4. The average molecular weight is 272 g/mol. The van der Waals surface area contributed by atoms with Gasteiger partial charge in [-0.3, -0.25) is 10.00 Å². The van der Waals surface area contributed by atoms with Gasteiger partial charge in [-0.15, -0.1) is 0 Å². The van der Waals surface area contributed by atoms with Crippen LogP contribution < -0.4 is 5.14 Å². The first-order chi connectivity index (χ1) is 8.54. The highest BCUT2D eigenvalue weighted by Gasteiger charge is 2.25. The number of rotatable bonds is 5. The summed E-state index contributed by atoms with van der Waals surface area (Å²) in [4.78, 5) is 2.24. The van der Waals surface area contributed by atoms with Crippen LogP contribution in [-0.4, -0.2) is 48.4 Å². The number of likely N-dealkylation sites (tertiary alicyclic amines) is 1. The van der Waals surface area contributed by atoms with Crippen LogP contribution in [0.5, 0.6) is 0 Å². The lowest BCUT2D eigenvalue weighted by Crippen LogP contribution is -2.45. The number of nitrogens with two attached hydrogens (primary N) is 1. The second-order valence-corrected chi connectivity index (χ2v) is 6.53. The lowest BCUT2D eigenvalue weighted by atomic mass is 10.0. The Balaban J connectivity index is 1.91. The van der Waals surface area contributed by atoms with Crippen molar-refractivity contribution in [2.45, 2.75) is 31.7 Å². The van der Waals surface area contributed by atoms with Crippen LogP contribution in [-0.2, 0) is 16.4 Å². The predicted octanol–water partition coefficient (Wildman–Crippen LogP) is 0.0952. The molecule has 7 heteroatoms. The van der Waals surface area contributed by atoms with Crippen LogP contribution in [0.1, 0.15) is 24.8 Å². The van der Waals surface area contributed by atoms with Crippen LogP contribution in [0.25, 0.3) is 0 Å².